The lowest BCUT2D eigenvalue weighted by Gasteiger charge is -2.13. The first kappa shape index (κ1) is 12.5. The van der Waals surface area contributed by atoms with Gasteiger partial charge < -0.3 is 9.73 Å². The fraction of sp³-hybridized carbons (Fsp3) is 0.167. The highest BCUT2D eigenvalue weighted by Crippen LogP contribution is 2.26. The summed E-state index contributed by atoms with van der Waals surface area (Å²) in [5.41, 5.74) is 0.398. The summed E-state index contributed by atoms with van der Waals surface area (Å²) in [7, 11) is 0. The van der Waals surface area contributed by atoms with E-state index in [2.05, 4.69) is 21.2 Å². The van der Waals surface area contributed by atoms with Crippen LogP contribution < -0.4 is 5.32 Å². The number of nitrogens with one attached hydrogen (secondary N) is 1. The molecule has 0 aliphatic heterocycles. The van der Waals surface area contributed by atoms with Crippen molar-refractivity contribution in [2.75, 3.05) is 5.32 Å². The summed E-state index contributed by atoms with van der Waals surface area (Å²) in [6.45, 7) is 1.89. The maximum absolute atomic E-state index is 13.5. The lowest BCUT2D eigenvalue weighted by molar-refractivity contribution is 0.470. The number of hydrogen-bond donors (Lipinski definition) is 1. The fourth-order valence-corrected chi connectivity index (χ4v) is 1.95. The number of furan rings is 1. The lowest BCUT2D eigenvalue weighted by atomic mass is 10.2. The van der Waals surface area contributed by atoms with E-state index >= 15 is 0 Å². The molecule has 0 fully saturated rings. The van der Waals surface area contributed by atoms with Crippen LogP contribution >= 0.6 is 27.5 Å². The van der Waals surface area contributed by atoms with Crippen molar-refractivity contribution in [3.05, 3.63) is 51.6 Å². The second-order valence-corrected chi connectivity index (χ2v) is 4.85. The number of halogens is 3. The summed E-state index contributed by atoms with van der Waals surface area (Å²) in [4.78, 5) is 0. The summed E-state index contributed by atoms with van der Waals surface area (Å²) in [5.74, 6) is 0.348. The summed E-state index contributed by atoms with van der Waals surface area (Å²) in [6, 6.07) is 8.01. The Kier molecular flexibility index (Phi) is 3.74. The monoisotopic (exact) mass is 317 g/mol. The Morgan fingerprint density at radius 1 is 1.35 bits per heavy atom. The number of anilines is 1. The van der Waals surface area contributed by atoms with Crippen LogP contribution in [0.4, 0.5) is 10.1 Å². The lowest BCUT2D eigenvalue weighted by Crippen LogP contribution is -2.06. The first-order valence-corrected chi connectivity index (χ1v) is 6.20. The van der Waals surface area contributed by atoms with Crippen molar-refractivity contribution in [2.24, 2.45) is 0 Å². The van der Waals surface area contributed by atoms with Crippen molar-refractivity contribution >= 4 is 33.2 Å². The number of rotatable bonds is 3. The average molecular weight is 319 g/mol. The molecule has 0 radical (unpaired) electrons. The predicted octanol–water partition coefficient (Wildman–Crippen LogP) is 5.01. The molecule has 17 heavy (non-hydrogen) atoms. The van der Waals surface area contributed by atoms with Gasteiger partial charge in [-0.2, -0.15) is 0 Å². The highest BCUT2D eigenvalue weighted by molar-refractivity contribution is 9.10. The molecular formula is C12H10BrClFNO. The molecule has 90 valence electrons. The summed E-state index contributed by atoms with van der Waals surface area (Å²) >= 11 is 8.91. The zero-order valence-electron chi connectivity index (χ0n) is 9.01. The molecule has 1 aromatic heterocycles. The third kappa shape index (κ3) is 3.01. The quantitative estimate of drug-likeness (QED) is 0.860. The van der Waals surface area contributed by atoms with Gasteiger partial charge in [0.15, 0.2) is 4.67 Å². The van der Waals surface area contributed by atoms with E-state index in [1.807, 2.05) is 13.0 Å². The minimum absolute atomic E-state index is 0.128. The smallest absolute Gasteiger partial charge is 0.169 e. The molecule has 0 saturated carbocycles. The average Bonchev–Trinajstić information content (AvgIpc) is 2.69. The van der Waals surface area contributed by atoms with Crippen molar-refractivity contribution < 1.29 is 8.81 Å². The van der Waals surface area contributed by atoms with Gasteiger partial charge in [-0.3, -0.25) is 0 Å². The maximum Gasteiger partial charge on any atom is 0.169 e. The third-order valence-corrected chi connectivity index (χ3v) is 2.99. The van der Waals surface area contributed by atoms with Crippen LogP contribution in [0.15, 0.2) is 39.4 Å². The number of benzene rings is 1. The molecule has 0 aliphatic rings. The van der Waals surface area contributed by atoms with Crippen molar-refractivity contribution in [2.45, 2.75) is 13.0 Å². The van der Waals surface area contributed by atoms with Crippen molar-refractivity contribution in [3.8, 4) is 0 Å². The van der Waals surface area contributed by atoms with E-state index in [1.54, 1.807) is 18.2 Å². The van der Waals surface area contributed by atoms with Gasteiger partial charge in [-0.25, -0.2) is 4.39 Å². The SMILES string of the molecule is CC(Nc1ccc(Cl)cc1F)c1ccc(Br)o1. The Bertz CT molecular complexity index is 529. The summed E-state index contributed by atoms with van der Waals surface area (Å²) in [5, 5.41) is 3.40. The van der Waals surface area contributed by atoms with Crippen molar-refractivity contribution in [1.29, 1.82) is 0 Å². The minimum Gasteiger partial charge on any atom is -0.452 e. The second-order valence-electron chi connectivity index (χ2n) is 3.63. The van der Waals surface area contributed by atoms with Crippen LogP contribution in [0.5, 0.6) is 0 Å². The van der Waals surface area contributed by atoms with Gasteiger partial charge in [0, 0.05) is 5.02 Å². The molecule has 1 heterocycles. The zero-order valence-corrected chi connectivity index (χ0v) is 11.3. The molecule has 1 N–H and O–H groups in total. The first-order chi connectivity index (χ1) is 8.06. The van der Waals surface area contributed by atoms with Gasteiger partial charge >= 0.3 is 0 Å². The van der Waals surface area contributed by atoms with Crippen LogP contribution in [0.2, 0.25) is 5.02 Å². The van der Waals surface area contributed by atoms with Gasteiger partial charge in [-0.1, -0.05) is 11.6 Å². The van der Waals surface area contributed by atoms with Crippen LogP contribution in [-0.2, 0) is 0 Å². The maximum atomic E-state index is 13.5. The van der Waals surface area contributed by atoms with E-state index in [9.17, 15) is 4.39 Å². The van der Waals surface area contributed by atoms with Crippen LogP contribution in [-0.4, -0.2) is 0 Å². The molecule has 1 atom stereocenters. The van der Waals surface area contributed by atoms with Crippen molar-refractivity contribution in [3.63, 3.8) is 0 Å². The Balaban J connectivity index is 2.15. The molecule has 1 aromatic carbocycles. The van der Waals surface area contributed by atoms with Crippen molar-refractivity contribution in [1.82, 2.24) is 0 Å². The molecule has 2 nitrogen and oxygen atoms in total. The van der Waals surface area contributed by atoms with Gasteiger partial charge in [-0.15, -0.1) is 0 Å². The van der Waals surface area contributed by atoms with Gasteiger partial charge in [0.1, 0.15) is 11.6 Å². The van der Waals surface area contributed by atoms with Gasteiger partial charge in [0.25, 0.3) is 0 Å². The van der Waals surface area contributed by atoms with Crippen LogP contribution in [0, 0.1) is 5.82 Å². The normalized spacial score (nSPS) is 12.5. The van der Waals surface area contributed by atoms with E-state index in [4.69, 9.17) is 16.0 Å². The molecule has 0 bridgehead atoms. The summed E-state index contributed by atoms with van der Waals surface area (Å²) in [6.07, 6.45) is 0. The molecule has 0 amide bonds. The van der Waals surface area contributed by atoms with Crippen LogP contribution in [0.1, 0.15) is 18.7 Å². The van der Waals surface area contributed by atoms with E-state index in [0.29, 0.717) is 15.4 Å². The Hall–Kier alpha value is -1.000. The van der Waals surface area contributed by atoms with E-state index in [1.165, 1.54) is 6.07 Å². The molecule has 1 unspecified atom stereocenters. The Morgan fingerprint density at radius 2 is 2.12 bits per heavy atom. The number of hydrogen-bond acceptors (Lipinski definition) is 2. The van der Waals surface area contributed by atoms with Gasteiger partial charge in [-0.05, 0) is 53.2 Å². The molecule has 2 aromatic rings. The van der Waals surface area contributed by atoms with Gasteiger partial charge in [0.2, 0.25) is 0 Å². The first-order valence-electron chi connectivity index (χ1n) is 5.03. The molecule has 2 rings (SSSR count). The van der Waals surface area contributed by atoms with Gasteiger partial charge in [0.05, 0.1) is 11.7 Å². The van der Waals surface area contributed by atoms with E-state index < -0.39 is 0 Å². The summed E-state index contributed by atoms with van der Waals surface area (Å²) < 4.78 is 19.6. The van der Waals surface area contributed by atoms with Crippen LogP contribution in [0.25, 0.3) is 0 Å². The molecule has 0 aliphatic carbocycles. The Morgan fingerprint density at radius 3 is 2.71 bits per heavy atom. The molecular weight excluding hydrogens is 308 g/mol. The zero-order chi connectivity index (χ0) is 12.4. The standard InChI is InChI=1S/C12H10BrClFNO/c1-7(11-4-5-12(13)17-11)16-10-3-2-8(14)6-9(10)15/h2-7,16H,1H3. The topological polar surface area (TPSA) is 25.2 Å². The van der Waals surface area contributed by atoms with Crippen LogP contribution in [0.3, 0.4) is 0 Å². The molecule has 0 spiro atoms. The van der Waals surface area contributed by atoms with E-state index in [-0.39, 0.29) is 11.9 Å². The molecule has 5 heteroatoms. The largest absolute Gasteiger partial charge is 0.452 e. The highest BCUT2D eigenvalue weighted by atomic mass is 79.9. The fourth-order valence-electron chi connectivity index (χ4n) is 1.47. The molecule has 0 saturated heterocycles. The Labute approximate surface area is 112 Å². The third-order valence-electron chi connectivity index (χ3n) is 2.32. The van der Waals surface area contributed by atoms with E-state index in [0.717, 1.165) is 5.76 Å². The second kappa shape index (κ2) is 5.10. The predicted molar refractivity (Wildman–Crippen MR) is 69.9 cm³/mol. The highest BCUT2D eigenvalue weighted by Gasteiger charge is 2.12. The minimum atomic E-state index is -0.380.